The lowest BCUT2D eigenvalue weighted by Gasteiger charge is -2.48. The van der Waals surface area contributed by atoms with Gasteiger partial charge in [0, 0.05) is 31.6 Å². The van der Waals surface area contributed by atoms with Gasteiger partial charge in [0.1, 0.15) is 11.5 Å². The first-order valence-corrected chi connectivity index (χ1v) is 13.8. The molecule has 6 heteroatoms. The van der Waals surface area contributed by atoms with Gasteiger partial charge in [-0.3, -0.25) is 0 Å². The number of phenolic OH excluding ortho intramolecular Hbond substituents is 1. The summed E-state index contributed by atoms with van der Waals surface area (Å²) in [6, 6.07) is 15.9. The summed E-state index contributed by atoms with van der Waals surface area (Å²) in [7, 11) is 5.93. The predicted octanol–water partition coefficient (Wildman–Crippen LogP) is 5.79. The number of rotatable bonds is 10. The van der Waals surface area contributed by atoms with Crippen LogP contribution in [-0.4, -0.2) is 61.8 Å². The molecule has 2 amide bonds. The number of urea groups is 1. The number of hydrogen-bond acceptors (Lipinski definition) is 4. The molecule has 6 nitrogen and oxygen atoms in total. The second-order valence-electron chi connectivity index (χ2n) is 12.1. The van der Waals surface area contributed by atoms with Crippen LogP contribution in [-0.2, 0) is 12.0 Å². The number of likely N-dealkylation sites (N-methyl/N-ethyl adjacent to an activating group) is 1. The number of hydrogen-bond donors (Lipinski definition) is 2. The third-order valence-electron chi connectivity index (χ3n) is 8.65. The molecule has 2 aromatic rings. The van der Waals surface area contributed by atoms with Gasteiger partial charge in [0.15, 0.2) is 0 Å². The second kappa shape index (κ2) is 11.8. The van der Waals surface area contributed by atoms with Gasteiger partial charge in [0.25, 0.3) is 0 Å². The lowest BCUT2D eigenvalue weighted by molar-refractivity contribution is 0.0833. The zero-order valence-corrected chi connectivity index (χ0v) is 23.1. The van der Waals surface area contributed by atoms with Gasteiger partial charge in [-0.15, -0.1) is 0 Å². The van der Waals surface area contributed by atoms with Crippen molar-refractivity contribution in [3.63, 3.8) is 0 Å². The molecule has 2 N–H and O–H groups in total. The molecule has 2 aliphatic carbocycles. The average Bonchev–Trinajstić information content (AvgIpc) is 2.84. The van der Waals surface area contributed by atoms with Crippen molar-refractivity contribution in [2.75, 3.05) is 40.8 Å². The minimum Gasteiger partial charge on any atom is -0.508 e. The van der Waals surface area contributed by atoms with Crippen LogP contribution in [0.1, 0.15) is 63.0 Å². The Morgan fingerprint density at radius 1 is 1.05 bits per heavy atom. The lowest BCUT2D eigenvalue weighted by Crippen LogP contribution is -2.49. The SMILES string of the molecule is COc1ccc(CN(CC2(C)CCC(CN(C)C)(c3cccc(O)c3)CC2)C(=O)NCC2CCC2)cc1. The molecule has 2 saturated carbocycles. The Morgan fingerprint density at radius 2 is 1.76 bits per heavy atom. The molecule has 0 aliphatic heterocycles. The zero-order valence-electron chi connectivity index (χ0n) is 23.1. The van der Waals surface area contributed by atoms with E-state index in [0.717, 1.165) is 56.6 Å². The summed E-state index contributed by atoms with van der Waals surface area (Å²) >= 11 is 0. The molecule has 0 heterocycles. The molecular formula is C31H45N3O3. The third kappa shape index (κ3) is 6.98. The van der Waals surface area contributed by atoms with Crippen LogP contribution >= 0.6 is 0 Å². The molecule has 2 aliphatic rings. The number of benzene rings is 2. The normalized spacial score (nSPS) is 23.9. The van der Waals surface area contributed by atoms with Gasteiger partial charge < -0.3 is 25.0 Å². The summed E-state index contributed by atoms with van der Waals surface area (Å²) in [6.45, 7) is 5.39. The van der Waals surface area contributed by atoms with Gasteiger partial charge in [-0.25, -0.2) is 4.79 Å². The minimum atomic E-state index is 0.00897. The molecule has 2 aromatic carbocycles. The molecule has 0 bridgehead atoms. The number of ether oxygens (including phenoxy) is 1. The number of carbonyl (C=O) groups excluding carboxylic acids is 1. The standard InChI is InChI=1S/C31H45N3O3/c1-30(15-17-31(18-16-30,23-33(2)3)26-9-6-10-27(35)19-26)22-34(29(36)32-20-24-7-5-8-24)21-25-11-13-28(37-4)14-12-25/h6,9-14,19,24,35H,5,7-8,15-18,20-23H2,1-4H3,(H,32,36). The van der Waals surface area contributed by atoms with Crippen molar-refractivity contribution in [1.29, 1.82) is 0 Å². The number of amides is 2. The maximum Gasteiger partial charge on any atom is 0.317 e. The Hall–Kier alpha value is -2.73. The second-order valence-corrected chi connectivity index (χ2v) is 12.1. The van der Waals surface area contributed by atoms with E-state index in [9.17, 15) is 9.90 Å². The quantitative estimate of drug-likeness (QED) is 0.427. The van der Waals surface area contributed by atoms with Crippen LogP contribution in [0.4, 0.5) is 4.79 Å². The molecule has 0 spiro atoms. The summed E-state index contributed by atoms with van der Waals surface area (Å²) in [5.41, 5.74) is 2.37. The van der Waals surface area contributed by atoms with Crippen molar-refractivity contribution < 1.29 is 14.6 Å². The number of nitrogens with zero attached hydrogens (tertiary/aromatic N) is 2. The molecule has 0 atom stereocenters. The van der Waals surface area contributed by atoms with Crippen molar-refractivity contribution in [3.05, 3.63) is 59.7 Å². The zero-order chi connectivity index (χ0) is 26.5. The van der Waals surface area contributed by atoms with Gasteiger partial charge in [-0.2, -0.15) is 0 Å². The third-order valence-corrected chi connectivity index (χ3v) is 8.65. The van der Waals surface area contributed by atoms with Gasteiger partial charge in [0.2, 0.25) is 0 Å². The van der Waals surface area contributed by atoms with Crippen LogP contribution in [0.15, 0.2) is 48.5 Å². The Morgan fingerprint density at radius 3 is 2.32 bits per heavy atom. The highest BCUT2D eigenvalue weighted by molar-refractivity contribution is 5.74. The van der Waals surface area contributed by atoms with Crippen molar-refractivity contribution >= 4 is 6.03 Å². The molecule has 0 unspecified atom stereocenters. The highest BCUT2D eigenvalue weighted by Crippen LogP contribution is 2.48. The summed E-state index contributed by atoms with van der Waals surface area (Å²) in [4.78, 5) is 17.7. The summed E-state index contributed by atoms with van der Waals surface area (Å²) in [5, 5.41) is 13.4. The molecule has 202 valence electrons. The Kier molecular flexibility index (Phi) is 8.68. The van der Waals surface area contributed by atoms with Crippen LogP contribution in [0, 0.1) is 11.3 Å². The highest BCUT2D eigenvalue weighted by Gasteiger charge is 2.43. The first kappa shape index (κ1) is 27.3. The predicted molar refractivity (Wildman–Crippen MR) is 149 cm³/mol. The fourth-order valence-electron chi connectivity index (χ4n) is 6.12. The summed E-state index contributed by atoms with van der Waals surface area (Å²) in [6.07, 6.45) is 7.86. The minimum absolute atomic E-state index is 0.00897. The molecule has 4 rings (SSSR count). The summed E-state index contributed by atoms with van der Waals surface area (Å²) in [5.74, 6) is 1.79. The number of carbonyl (C=O) groups is 1. The van der Waals surface area contributed by atoms with E-state index in [-0.39, 0.29) is 16.9 Å². The Balaban J connectivity index is 1.48. The van der Waals surface area contributed by atoms with E-state index in [1.807, 2.05) is 29.2 Å². The van der Waals surface area contributed by atoms with Gasteiger partial charge >= 0.3 is 6.03 Å². The van der Waals surface area contributed by atoms with E-state index in [2.05, 4.69) is 49.4 Å². The van der Waals surface area contributed by atoms with Crippen LogP contribution in [0.25, 0.3) is 0 Å². The van der Waals surface area contributed by atoms with Gasteiger partial charge in [-0.1, -0.05) is 37.6 Å². The van der Waals surface area contributed by atoms with Crippen LogP contribution < -0.4 is 10.1 Å². The largest absolute Gasteiger partial charge is 0.508 e. The molecule has 0 radical (unpaired) electrons. The number of nitrogens with one attached hydrogen (secondary N) is 1. The topological polar surface area (TPSA) is 65.0 Å². The number of aromatic hydroxyl groups is 1. The van der Waals surface area contributed by atoms with Crippen molar-refractivity contribution in [1.82, 2.24) is 15.1 Å². The molecule has 2 fully saturated rings. The van der Waals surface area contributed by atoms with E-state index < -0.39 is 0 Å². The van der Waals surface area contributed by atoms with Crippen LogP contribution in [0.2, 0.25) is 0 Å². The van der Waals surface area contributed by atoms with Gasteiger partial charge in [0.05, 0.1) is 7.11 Å². The van der Waals surface area contributed by atoms with Gasteiger partial charge in [-0.05, 0) is 99.3 Å². The lowest BCUT2D eigenvalue weighted by atomic mass is 9.61. The maximum absolute atomic E-state index is 13.4. The van der Waals surface area contributed by atoms with Crippen molar-refractivity contribution in [3.8, 4) is 11.5 Å². The molecule has 37 heavy (non-hydrogen) atoms. The molecular weight excluding hydrogens is 462 g/mol. The number of methoxy groups -OCH3 is 1. The molecule has 0 aromatic heterocycles. The van der Waals surface area contributed by atoms with E-state index in [4.69, 9.17) is 4.74 Å². The van der Waals surface area contributed by atoms with Crippen molar-refractivity contribution in [2.45, 2.75) is 63.8 Å². The first-order chi connectivity index (χ1) is 17.7. The molecule has 0 saturated heterocycles. The van der Waals surface area contributed by atoms with E-state index in [1.165, 1.54) is 24.8 Å². The average molecular weight is 508 g/mol. The Labute approximate surface area is 223 Å². The maximum atomic E-state index is 13.4. The van der Waals surface area contributed by atoms with Crippen molar-refractivity contribution in [2.24, 2.45) is 11.3 Å². The fourth-order valence-corrected chi connectivity index (χ4v) is 6.12. The smallest absolute Gasteiger partial charge is 0.317 e. The fraction of sp³-hybridized carbons (Fsp3) is 0.581. The monoisotopic (exact) mass is 507 g/mol. The van der Waals surface area contributed by atoms with Crippen LogP contribution in [0.3, 0.4) is 0 Å². The van der Waals surface area contributed by atoms with E-state index in [0.29, 0.717) is 18.2 Å². The number of phenols is 1. The van der Waals surface area contributed by atoms with E-state index >= 15 is 0 Å². The summed E-state index contributed by atoms with van der Waals surface area (Å²) < 4.78 is 5.32. The highest BCUT2D eigenvalue weighted by atomic mass is 16.5. The first-order valence-electron chi connectivity index (χ1n) is 13.8. The Bertz CT molecular complexity index is 1020. The van der Waals surface area contributed by atoms with Crippen LogP contribution in [0.5, 0.6) is 11.5 Å². The van der Waals surface area contributed by atoms with E-state index in [1.54, 1.807) is 13.2 Å².